The molecule has 5 rings (SSSR count). The Morgan fingerprint density at radius 3 is 2.04 bits per heavy atom. The number of nitrogens with zero attached hydrogens (tertiary/aromatic N) is 5. The number of rotatable bonds is 12. The van der Waals surface area contributed by atoms with Gasteiger partial charge in [-0.2, -0.15) is 9.97 Å². The van der Waals surface area contributed by atoms with Gasteiger partial charge in [0.05, 0.1) is 56.6 Å². The van der Waals surface area contributed by atoms with E-state index in [1.807, 2.05) is 13.8 Å². The lowest BCUT2D eigenvalue weighted by molar-refractivity contribution is -0.137. The van der Waals surface area contributed by atoms with Crippen LogP contribution in [0.1, 0.15) is 96.1 Å². The van der Waals surface area contributed by atoms with E-state index in [1.165, 1.54) is 6.08 Å². The van der Waals surface area contributed by atoms with Crippen LogP contribution in [0.2, 0.25) is 0 Å². The Morgan fingerprint density at radius 2 is 1.45 bits per heavy atom. The number of esters is 1. The average molecular weight is 715 g/mol. The molecule has 2 fully saturated rings. The molecule has 0 saturated heterocycles. The molecular formula is C36H58N8O7. The first-order valence-corrected chi connectivity index (χ1v) is 17.0. The zero-order valence-corrected chi connectivity index (χ0v) is 28.6. The van der Waals surface area contributed by atoms with Gasteiger partial charge in [-0.3, -0.25) is 9.36 Å². The van der Waals surface area contributed by atoms with E-state index in [0.29, 0.717) is 37.0 Å². The summed E-state index contributed by atoms with van der Waals surface area (Å²) in [6, 6.07) is 3.67. The van der Waals surface area contributed by atoms with Gasteiger partial charge in [-0.15, -0.1) is 0 Å². The molecule has 284 valence electrons. The Labute approximate surface area is 300 Å². The van der Waals surface area contributed by atoms with Gasteiger partial charge in [-0.1, -0.05) is 14.9 Å². The van der Waals surface area contributed by atoms with Crippen molar-refractivity contribution in [1.29, 1.82) is 0 Å². The number of ether oxygens (including phenoxy) is 3. The summed E-state index contributed by atoms with van der Waals surface area (Å²) in [5.74, 6) is 0.596. The molecule has 0 aromatic carbocycles. The largest absolute Gasteiger partial charge is 0.463 e. The predicted molar refractivity (Wildman–Crippen MR) is 200 cm³/mol. The maximum atomic E-state index is 12.4. The molecule has 2 aliphatic rings. The summed E-state index contributed by atoms with van der Waals surface area (Å²) in [5, 5.41) is 22.0. The normalized spacial score (nSPS) is 20.1. The highest BCUT2D eigenvalue weighted by atomic mass is 16.5. The Kier molecular flexibility index (Phi) is 17.9. The van der Waals surface area contributed by atoms with Crippen molar-refractivity contribution in [2.45, 2.75) is 111 Å². The number of anilines is 3. The highest BCUT2D eigenvalue weighted by molar-refractivity contribution is 5.88. The number of hydrogen-bond acceptors (Lipinski definition) is 14. The van der Waals surface area contributed by atoms with Crippen molar-refractivity contribution in [3.05, 3.63) is 45.5 Å². The van der Waals surface area contributed by atoms with E-state index in [-0.39, 0.29) is 69.8 Å². The summed E-state index contributed by atoms with van der Waals surface area (Å²) in [6.07, 6.45) is 10.5. The summed E-state index contributed by atoms with van der Waals surface area (Å²) in [4.78, 5) is 41.0. The highest BCUT2D eigenvalue weighted by Crippen LogP contribution is 2.31. The first kappa shape index (κ1) is 43.0. The van der Waals surface area contributed by atoms with Gasteiger partial charge in [0.2, 0.25) is 11.9 Å². The smallest absolute Gasteiger partial charge is 0.330 e. The highest BCUT2D eigenvalue weighted by Gasteiger charge is 2.26. The third-order valence-electron chi connectivity index (χ3n) is 8.73. The average Bonchev–Trinajstić information content (AvgIpc) is 3.07. The van der Waals surface area contributed by atoms with Gasteiger partial charge in [-0.05, 0) is 84.3 Å². The molecule has 15 heteroatoms. The zero-order chi connectivity index (χ0) is 35.3. The van der Waals surface area contributed by atoms with Gasteiger partial charge in [0.25, 0.3) is 5.56 Å². The van der Waals surface area contributed by atoms with Crippen LogP contribution in [0.4, 0.5) is 17.7 Å². The fourth-order valence-corrected chi connectivity index (χ4v) is 6.39. The van der Waals surface area contributed by atoms with E-state index in [0.717, 1.165) is 68.0 Å². The first-order chi connectivity index (χ1) is 23.6. The van der Waals surface area contributed by atoms with Crippen LogP contribution in [0.15, 0.2) is 23.0 Å². The van der Waals surface area contributed by atoms with Crippen LogP contribution in [0.25, 0.3) is 17.1 Å². The number of nitrogens with two attached hydrogens (primary N) is 2. The van der Waals surface area contributed by atoms with Crippen LogP contribution in [0, 0.1) is 13.8 Å². The van der Waals surface area contributed by atoms with E-state index >= 15 is 0 Å². The summed E-state index contributed by atoms with van der Waals surface area (Å²) < 4.78 is 17.9. The van der Waals surface area contributed by atoms with Gasteiger partial charge in [0.1, 0.15) is 11.5 Å². The summed E-state index contributed by atoms with van der Waals surface area (Å²) in [5.41, 5.74) is 14.3. The number of nitrogen functional groups attached to an aromatic ring is 2. The number of aliphatic hydroxyl groups is 2. The molecule has 15 nitrogen and oxygen atoms in total. The fourth-order valence-electron chi connectivity index (χ4n) is 6.39. The van der Waals surface area contributed by atoms with Crippen LogP contribution >= 0.6 is 0 Å². The maximum absolute atomic E-state index is 12.4. The molecule has 3 heterocycles. The van der Waals surface area contributed by atoms with Crippen molar-refractivity contribution in [2.75, 3.05) is 49.8 Å². The Bertz CT molecular complexity index is 1620. The van der Waals surface area contributed by atoms with Crippen molar-refractivity contribution in [3.63, 3.8) is 0 Å². The van der Waals surface area contributed by atoms with Gasteiger partial charge in [0, 0.05) is 35.2 Å². The van der Waals surface area contributed by atoms with E-state index in [2.05, 4.69) is 25.3 Å². The Hall–Kier alpha value is -4.18. The van der Waals surface area contributed by atoms with Gasteiger partial charge in [-0.25, -0.2) is 14.8 Å². The SMILES string of the molecule is C.C.CCOC(=O)/C=C/c1c(C)nc(N)nc1NC1CCC(OCCO)CC1.Cc1nc(N)nc2c1ccc(=O)n2C1CCC(OCCO)CC1. The molecule has 3 aromatic rings. The molecule has 2 saturated carbocycles. The second kappa shape index (κ2) is 21.2. The first-order valence-electron chi connectivity index (χ1n) is 17.0. The molecule has 0 atom stereocenters. The van der Waals surface area contributed by atoms with Crippen LogP contribution in [0.5, 0.6) is 0 Å². The van der Waals surface area contributed by atoms with Crippen molar-refractivity contribution in [1.82, 2.24) is 24.5 Å². The minimum atomic E-state index is -0.406. The van der Waals surface area contributed by atoms with Crippen molar-refractivity contribution in [2.24, 2.45) is 0 Å². The fraction of sp³-hybridized carbons (Fsp3) is 0.611. The quantitative estimate of drug-likeness (QED) is 0.132. The molecular weight excluding hydrogens is 656 g/mol. The molecule has 0 aliphatic heterocycles. The number of carbonyl (C=O) groups is 1. The molecule has 51 heavy (non-hydrogen) atoms. The summed E-state index contributed by atoms with van der Waals surface area (Å²) in [7, 11) is 0. The Morgan fingerprint density at radius 1 is 0.882 bits per heavy atom. The van der Waals surface area contributed by atoms with Crippen LogP contribution < -0.4 is 22.3 Å². The predicted octanol–water partition coefficient (Wildman–Crippen LogP) is 4.12. The van der Waals surface area contributed by atoms with Crippen LogP contribution in [0.3, 0.4) is 0 Å². The second-order valence-electron chi connectivity index (χ2n) is 12.2. The summed E-state index contributed by atoms with van der Waals surface area (Å²) in [6.45, 7) is 6.62. The zero-order valence-electron chi connectivity index (χ0n) is 28.6. The standard InChI is InChI=1S/C18H28N4O4.C16H22N4O3.2CH4/c1-3-25-16(24)9-8-15-12(2)20-18(19)22-17(15)21-13-4-6-14(7-5-13)26-11-10-23;1-10-13-6-7-14(22)20(15(13)19-16(17)18-10)11-2-4-12(5-3-11)23-9-8-21;;/h8-9,13-14,23H,3-7,10-11H2,1-2H3,(H3,19,20,21,22);6-7,11-12,21H,2-5,8-9H2,1H3,(H2,17,18,19);2*1H4/b9-8+;;;. The van der Waals surface area contributed by atoms with E-state index in [9.17, 15) is 9.59 Å². The number of pyridine rings is 1. The third-order valence-corrected chi connectivity index (χ3v) is 8.73. The molecule has 0 amide bonds. The molecule has 0 radical (unpaired) electrons. The minimum absolute atomic E-state index is 0. The lowest BCUT2D eigenvalue weighted by Crippen LogP contribution is -2.31. The molecule has 7 N–H and O–H groups in total. The Balaban J connectivity index is 0.000000342. The lowest BCUT2D eigenvalue weighted by atomic mass is 9.92. The van der Waals surface area contributed by atoms with Gasteiger partial charge >= 0.3 is 5.97 Å². The van der Waals surface area contributed by atoms with Crippen molar-refractivity contribution in [3.8, 4) is 0 Å². The number of hydrogen-bond donors (Lipinski definition) is 5. The van der Waals surface area contributed by atoms with Gasteiger partial charge in [0.15, 0.2) is 0 Å². The number of aryl methyl sites for hydroxylation is 2. The van der Waals surface area contributed by atoms with Crippen molar-refractivity contribution < 1.29 is 29.2 Å². The van der Waals surface area contributed by atoms with Crippen molar-refractivity contribution >= 4 is 40.8 Å². The van der Waals surface area contributed by atoms with Crippen LogP contribution in [-0.2, 0) is 19.0 Å². The number of aromatic nitrogens is 5. The monoisotopic (exact) mass is 714 g/mol. The number of carbonyl (C=O) groups excluding carboxylic acids is 1. The molecule has 0 bridgehead atoms. The summed E-state index contributed by atoms with van der Waals surface area (Å²) >= 11 is 0. The van der Waals surface area contributed by atoms with E-state index in [1.54, 1.807) is 29.7 Å². The number of nitrogens with one attached hydrogen (secondary N) is 1. The number of aliphatic hydroxyl groups excluding tert-OH is 2. The molecule has 3 aromatic heterocycles. The van der Waals surface area contributed by atoms with Crippen LogP contribution in [-0.4, -0.2) is 92.0 Å². The topological polar surface area (TPSA) is 223 Å². The lowest BCUT2D eigenvalue weighted by Gasteiger charge is -2.30. The van der Waals surface area contributed by atoms with E-state index < -0.39 is 5.97 Å². The third kappa shape index (κ3) is 12.2. The molecule has 2 aliphatic carbocycles. The molecule has 0 unspecified atom stereocenters. The second-order valence-corrected chi connectivity index (χ2v) is 12.2. The van der Waals surface area contributed by atoms with Gasteiger partial charge < -0.3 is 41.2 Å². The maximum Gasteiger partial charge on any atom is 0.330 e. The number of fused-ring (bicyclic) bond motifs is 1. The van der Waals surface area contributed by atoms with E-state index in [4.69, 9.17) is 35.9 Å². The molecule has 0 spiro atoms. The minimum Gasteiger partial charge on any atom is -0.463 e.